The Kier molecular flexibility index (Phi) is 4.66. The number of sulfonamides is 1. The predicted molar refractivity (Wildman–Crippen MR) is 74.8 cm³/mol. The van der Waals surface area contributed by atoms with Gasteiger partial charge in [0.25, 0.3) is 0 Å². The molecule has 2 atom stereocenters. The van der Waals surface area contributed by atoms with E-state index in [2.05, 4.69) is 4.72 Å². The zero-order valence-corrected chi connectivity index (χ0v) is 12.3. The topological polar surface area (TPSA) is 90.2 Å². The monoisotopic (exact) mass is 314 g/mol. The maximum Gasteiger partial charge on any atom is 0.242 e. The van der Waals surface area contributed by atoms with Crippen molar-refractivity contribution in [2.24, 2.45) is 0 Å². The molecule has 20 heavy (non-hydrogen) atoms. The Morgan fingerprint density at radius 3 is 2.70 bits per heavy atom. The third-order valence-electron chi connectivity index (χ3n) is 3.39. The lowest BCUT2D eigenvalue weighted by Crippen LogP contribution is -2.45. The summed E-state index contributed by atoms with van der Waals surface area (Å²) in [6.07, 6.45) is 2.26. The third kappa shape index (κ3) is 3.30. The highest BCUT2D eigenvalue weighted by atomic mass is 35.5. The summed E-state index contributed by atoms with van der Waals surface area (Å²) in [4.78, 5) is -0.129. The van der Waals surface area contributed by atoms with Gasteiger partial charge in [-0.05, 0) is 31.0 Å². The number of aliphatic hydroxyl groups excluding tert-OH is 1. The van der Waals surface area contributed by atoms with Gasteiger partial charge in [-0.25, -0.2) is 13.1 Å². The average Bonchev–Trinajstić information content (AvgIpc) is 2.41. The van der Waals surface area contributed by atoms with Crippen molar-refractivity contribution in [3.05, 3.63) is 28.8 Å². The minimum Gasteiger partial charge on any atom is -0.391 e. The van der Waals surface area contributed by atoms with Gasteiger partial charge < -0.3 is 5.11 Å². The fourth-order valence-corrected chi connectivity index (χ4v) is 4.12. The van der Waals surface area contributed by atoms with Gasteiger partial charge >= 0.3 is 0 Å². The predicted octanol–water partition coefficient (Wildman–Crippen LogP) is 1.79. The minimum atomic E-state index is -3.85. The lowest BCUT2D eigenvalue weighted by atomic mass is 9.93. The molecule has 1 aromatic rings. The molecule has 0 radical (unpaired) electrons. The summed E-state index contributed by atoms with van der Waals surface area (Å²) in [5.41, 5.74) is 0.221. The van der Waals surface area contributed by atoms with Crippen LogP contribution in [0.15, 0.2) is 23.1 Å². The second kappa shape index (κ2) is 6.10. The van der Waals surface area contributed by atoms with E-state index in [-0.39, 0.29) is 15.5 Å². The quantitative estimate of drug-likeness (QED) is 0.890. The number of hydrogen-bond acceptors (Lipinski definition) is 4. The first-order valence-corrected chi connectivity index (χ1v) is 8.20. The van der Waals surface area contributed by atoms with Crippen LogP contribution in [0.2, 0.25) is 5.02 Å². The highest BCUT2D eigenvalue weighted by Gasteiger charge is 2.29. The number of aliphatic hydroxyl groups is 1. The molecule has 108 valence electrons. The smallest absolute Gasteiger partial charge is 0.242 e. The van der Waals surface area contributed by atoms with Crippen molar-refractivity contribution < 1.29 is 13.5 Å². The van der Waals surface area contributed by atoms with Gasteiger partial charge in [-0.3, -0.25) is 0 Å². The zero-order valence-electron chi connectivity index (χ0n) is 10.7. The van der Waals surface area contributed by atoms with Crippen LogP contribution in [-0.4, -0.2) is 25.7 Å². The second-order valence-electron chi connectivity index (χ2n) is 4.84. The van der Waals surface area contributed by atoms with Crippen molar-refractivity contribution >= 4 is 21.6 Å². The molecule has 2 N–H and O–H groups in total. The minimum absolute atomic E-state index is 0.0572. The summed E-state index contributed by atoms with van der Waals surface area (Å²) in [6, 6.07) is 5.45. The van der Waals surface area contributed by atoms with Crippen LogP contribution in [0.4, 0.5) is 0 Å². The van der Waals surface area contributed by atoms with Gasteiger partial charge in [-0.2, -0.15) is 5.26 Å². The molecule has 1 saturated carbocycles. The highest BCUT2D eigenvalue weighted by molar-refractivity contribution is 7.89. The van der Waals surface area contributed by atoms with Gasteiger partial charge in [-0.15, -0.1) is 0 Å². The van der Waals surface area contributed by atoms with Crippen molar-refractivity contribution in [2.45, 2.75) is 42.7 Å². The molecule has 0 aliphatic heterocycles. The summed E-state index contributed by atoms with van der Waals surface area (Å²) >= 11 is 5.90. The molecule has 0 bridgehead atoms. The first-order chi connectivity index (χ1) is 9.44. The Morgan fingerprint density at radius 2 is 2.05 bits per heavy atom. The van der Waals surface area contributed by atoms with Crippen LogP contribution in [0.3, 0.4) is 0 Å². The molecule has 0 saturated heterocycles. The van der Waals surface area contributed by atoms with Crippen molar-refractivity contribution in [1.82, 2.24) is 4.72 Å². The summed E-state index contributed by atoms with van der Waals surface area (Å²) in [6.45, 7) is 0. The number of nitrogens with one attached hydrogen (secondary N) is 1. The normalized spacial score (nSPS) is 23.2. The molecule has 1 aromatic carbocycles. The molecule has 0 amide bonds. The van der Waals surface area contributed by atoms with Gasteiger partial charge in [0.05, 0.1) is 22.8 Å². The Balaban J connectivity index is 2.28. The lowest BCUT2D eigenvalue weighted by Gasteiger charge is -2.28. The number of hydrogen-bond donors (Lipinski definition) is 2. The van der Waals surface area contributed by atoms with Crippen molar-refractivity contribution in [3.63, 3.8) is 0 Å². The van der Waals surface area contributed by atoms with E-state index in [1.54, 1.807) is 0 Å². The number of nitrogens with zero attached hydrogens (tertiary/aromatic N) is 1. The standard InChI is InChI=1S/C13H15ClN2O3S/c14-10-6-5-9(8-15)7-13(10)20(18,19)16-11-3-1-2-4-12(11)17/h5-7,11-12,16-17H,1-4H2/t11-,12-/m1/s1. The summed E-state index contributed by atoms with van der Waals surface area (Å²) in [5, 5.41) is 18.7. The maximum absolute atomic E-state index is 12.3. The zero-order chi connectivity index (χ0) is 14.8. The SMILES string of the molecule is N#Cc1ccc(Cl)c(S(=O)(=O)N[C@@H]2CCCC[C@H]2O)c1. The summed E-state index contributed by atoms with van der Waals surface area (Å²) in [5.74, 6) is 0. The van der Waals surface area contributed by atoms with Gasteiger partial charge in [0.1, 0.15) is 4.90 Å². The molecule has 0 aromatic heterocycles. The first-order valence-electron chi connectivity index (χ1n) is 6.34. The van der Waals surface area contributed by atoms with E-state index in [0.29, 0.717) is 12.8 Å². The van der Waals surface area contributed by atoms with Gasteiger partial charge in [0.15, 0.2) is 0 Å². The van der Waals surface area contributed by atoms with Crippen LogP contribution >= 0.6 is 11.6 Å². The number of halogens is 1. The van der Waals surface area contributed by atoms with Crippen LogP contribution < -0.4 is 4.72 Å². The van der Waals surface area contributed by atoms with Gasteiger partial charge in [-0.1, -0.05) is 24.4 Å². The lowest BCUT2D eigenvalue weighted by molar-refractivity contribution is 0.101. The molecule has 5 nitrogen and oxygen atoms in total. The van der Waals surface area contributed by atoms with Crippen LogP contribution in [0.25, 0.3) is 0 Å². The molecule has 1 fully saturated rings. The number of rotatable bonds is 3. The Morgan fingerprint density at radius 1 is 1.35 bits per heavy atom. The molecular formula is C13H15ClN2O3S. The second-order valence-corrected chi connectivity index (χ2v) is 6.93. The van der Waals surface area contributed by atoms with Crippen LogP contribution in [0.5, 0.6) is 0 Å². The molecule has 2 rings (SSSR count). The van der Waals surface area contributed by atoms with E-state index in [9.17, 15) is 13.5 Å². The van der Waals surface area contributed by atoms with Crippen molar-refractivity contribution in [2.75, 3.05) is 0 Å². The highest BCUT2D eigenvalue weighted by Crippen LogP contribution is 2.25. The molecule has 0 unspecified atom stereocenters. The molecule has 7 heteroatoms. The van der Waals surface area contributed by atoms with E-state index in [0.717, 1.165) is 12.8 Å². The number of benzene rings is 1. The third-order valence-corrected chi connectivity index (χ3v) is 5.36. The van der Waals surface area contributed by atoms with Crippen molar-refractivity contribution in [1.29, 1.82) is 5.26 Å². The van der Waals surface area contributed by atoms with E-state index < -0.39 is 22.2 Å². The Bertz CT molecular complexity index is 640. The Hall–Kier alpha value is -1.13. The number of nitriles is 1. The fraction of sp³-hybridized carbons (Fsp3) is 0.462. The summed E-state index contributed by atoms with van der Waals surface area (Å²) < 4.78 is 27.1. The van der Waals surface area contributed by atoms with E-state index >= 15 is 0 Å². The fourth-order valence-electron chi connectivity index (χ4n) is 2.29. The van der Waals surface area contributed by atoms with Gasteiger partial charge in [0.2, 0.25) is 10.0 Å². The largest absolute Gasteiger partial charge is 0.391 e. The summed E-state index contributed by atoms with van der Waals surface area (Å²) in [7, 11) is -3.85. The van der Waals surface area contributed by atoms with Gasteiger partial charge in [0, 0.05) is 6.04 Å². The Labute approximate surface area is 123 Å². The molecular weight excluding hydrogens is 300 g/mol. The van der Waals surface area contributed by atoms with Crippen molar-refractivity contribution in [3.8, 4) is 6.07 Å². The molecule has 0 spiro atoms. The molecule has 1 aliphatic carbocycles. The van der Waals surface area contributed by atoms with E-state index in [1.807, 2.05) is 6.07 Å². The molecule has 0 heterocycles. The first kappa shape index (κ1) is 15.3. The maximum atomic E-state index is 12.3. The average molecular weight is 315 g/mol. The van der Waals surface area contributed by atoms with Crippen LogP contribution in [0.1, 0.15) is 31.2 Å². The van der Waals surface area contributed by atoms with Crippen LogP contribution in [-0.2, 0) is 10.0 Å². The molecule has 1 aliphatic rings. The van der Waals surface area contributed by atoms with Crippen LogP contribution in [0, 0.1) is 11.3 Å². The van der Waals surface area contributed by atoms with E-state index in [4.69, 9.17) is 16.9 Å². The van der Waals surface area contributed by atoms with E-state index in [1.165, 1.54) is 18.2 Å².